The van der Waals surface area contributed by atoms with Gasteiger partial charge in [-0.1, -0.05) is 37.3 Å². The van der Waals surface area contributed by atoms with Crippen molar-refractivity contribution in [2.75, 3.05) is 20.7 Å². The highest BCUT2D eigenvalue weighted by molar-refractivity contribution is 5.82. The summed E-state index contributed by atoms with van der Waals surface area (Å²) < 4.78 is 4.93. The van der Waals surface area contributed by atoms with E-state index in [1.807, 2.05) is 30.3 Å². The van der Waals surface area contributed by atoms with Crippen LogP contribution in [0.5, 0.6) is 0 Å². The van der Waals surface area contributed by atoms with Crippen molar-refractivity contribution in [3.05, 3.63) is 35.9 Å². The zero-order valence-electron chi connectivity index (χ0n) is 13.8. The van der Waals surface area contributed by atoms with Crippen LogP contribution in [-0.4, -0.2) is 37.1 Å². The van der Waals surface area contributed by atoms with Gasteiger partial charge in [-0.2, -0.15) is 0 Å². The molecule has 0 heterocycles. The minimum Gasteiger partial charge on any atom is -0.467 e. The van der Waals surface area contributed by atoms with Gasteiger partial charge in [0.2, 0.25) is 0 Å². The number of methoxy groups -OCH3 is 1. The fourth-order valence-electron chi connectivity index (χ4n) is 2.20. The van der Waals surface area contributed by atoms with Crippen molar-refractivity contribution < 1.29 is 9.53 Å². The third-order valence-electron chi connectivity index (χ3n) is 4.58. The van der Waals surface area contributed by atoms with E-state index in [4.69, 9.17) is 10.5 Å². The highest BCUT2D eigenvalue weighted by atomic mass is 16.5. The summed E-state index contributed by atoms with van der Waals surface area (Å²) in [6, 6.07) is 9.44. The molecule has 118 valence electrons. The lowest BCUT2D eigenvalue weighted by Gasteiger charge is -2.37. The van der Waals surface area contributed by atoms with Crippen LogP contribution < -0.4 is 5.73 Å². The predicted molar refractivity (Wildman–Crippen MR) is 85.9 cm³/mol. The van der Waals surface area contributed by atoms with Crippen LogP contribution in [-0.2, 0) is 15.1 Å². The number of ether oxygens (including phenoxy) is 1. The van der Waals surface area contributed by atoms with Crippen molar-refractivity contribution in [3.8, 4) is 0 Å². The molecule has 0 aromatic heterocycles. The van der Waals surface area contributed by atoms with Gasteiger partial charge in [0.15, 0.2) is 0 Å². The molecule has 0 fully saturated rings. The van der Waals surface area contributed by atoms with E-state index in [1.54, 1.807) is 0 Å². The first kappa shape index (κ1) is 17.7. The van der Waals surface area contributed by atoms with E-state index in [0.717, 1.165) is 18.5 Å². The average molecular weight is 292 g/mol. The van der Waals surface area contributed by atoms with E-state index >= 15 is 0 Å². The lowest BCUT2D eigenvalue weighted by Crippen LogP contribution is -2.50. The Balaban J connectivity index is 2.93. The Morgan fingerprint density at radius 3 is 2.33 bits per heavy atom. The van der Waals surface area contributed by atoms with Crippen LogP contribution in [0.15, 0.2) is 30.3 Å². The zero-order valence-corrected chi connectivity index (χ0v) is 13.8. The topological polar surface area (TPSA) is 55.6 Å². The molecule has 0 spiro atoms. The third kappa shape index (κ3) is 4.05. The van der Waals surface area contributed by atoms with Crippen LogP contribution >= 0.6 is 0 Å². The van der Waals surface area contributed by atoms with E-state index in [1.165, 1.54) is 7.11 Å². The van der Waals surface area contributed by atoms with Gasteiger partial charge in [-0.3, -0.25) is 0 Å². The van der Waals surface area contributed by atoms with Gasteiger partial charge in [-0.05, 0) is 39.3 Å². The fraction of sp³-hybridized carbons (Fsp3) is 0.588. The number of carbonyl (C=O) groups is 1. The van der Waals surface area contributed by atoms with Crippen molar-refractivity contribution in [1.82, 2.24) is 4.90 Å². The zero-order chi connectivity index (χ0) is 16.1. The Kier molecular flexibility index (Phi) is 5.93. The maximum Gasteiger partial charge on any atom is 0.330 e. The summed E-state index contributed by atoms with van der Waals surface area (Å²) in [6.07, 6.45) is 1.55. The normalized spacial score (nSPS) is 14.8. The second-order valence-corrected chi connectivity index (χ2v) is 6.17. The molecule has 0 aliphatic heterocycles. The Labute approximate surface area is 128 Å². The summed E-state index contributed by atoms with van der Waals surface area (Å²) in [5.41, 5.74) is 6.17. The number of hydrogen-bond acceptors (Lipinski definition) is 4. The molecule has 21 heavy (non-hydrogen) atoms. The number of benzene rings is 1. The van der Waals surface area contributed by atoms with Crippen molar-refractivity contribution in [3.63, 3.8) is 0 Å². The SMILES string of the molecule is CCC(C)(C)N(C)CCC(N)(C(=O)OC)c1ccccc1. The molecule has 0 bridgehead atoms. The van der Waals surface area contributed by atoms with Crippen molar-refractivity contribution >= 4 is 5.97 Å². The van der Waals surface area contributed by atoms with Crippen LogP contribution in [0, 0.1) is 0 Å². The summed E-state index contributed by atoms with van der Waals surface area (Å²) in [7, 11) is 3.44. The van der Waals surface area contributed by atoms with Crippen LogP contribution in [0.3, 0.4) is 0 Å². The first-order valence-corrected chi connectivity index (χ1v) is 7.42. The van der Waals surface area contributed by atoms with Gasteiger partial charge in [-0.25, -0.2) is 4.79 Å². The summed E-state index contributed by atoms with van der Waals surface area (Å²) in [4.78, 5) is 14.4. The Hall–Kier alpha value is -1.39. The molecule has 4 nitrogen and oxygen atoms in total. The second-order valence-electron chi connectivity index (χ2n) is 6.17. The Morgan fingerprint density at radius 1 is 1.29 bits per heavy atom. The van der Waals surface area contributed by atoms with E-state index < -0.39 is 11.5 Å². The van der Waals surface area contributed by atoms with Crippen molar-refractivity contribution in [2.24, 2.45) is 5.73 Å². The number of nitrogens with zero attached hydrogens (tertiary/aromatic N) is 1. The molecule has 1 rings (SSSR count). The summed E-state index contributed by atoms with van der Waals surface area (Å²) >= 11 is 0. The molecule has 1 aromatic rings. The molecule has 0 aliphatic carbocycles. The van der Waals surface area contributed by atoms with Gasteiger partial charge in [-0.15, -0.1) is 0 Å². The van der Waals surface area contributed by atoms with Crippen molar-refractivity contribution in [1.29, 1.82) is 0 Å². The standard InChI is InChI=1S/C17H28N2O2/c1-6-16(2,3)19(4)13-12-17(18,15(20)21-5)14-10-8-7-9-11-14/h7-11H,6,12-13,18H2,1-5H3. The highest BCUT2D eigenvalue weighted by Crippen LogP contribution is 2.26. The molecular weight excluding hydrogens is 264 g/mol. The third-order valence-corrected chi connectivity index (χ3v) is 4.58. The lowest BCUT2D eigenvalue weighted by molar-refractivity contribution is -0.148. The Morgan fingerprint density at radius 2 is 1.86 bits per heavy atom. The number of carbonyl (C=O) groups excluding carboxylic acids is 1. The van der Waals surface area contributed by atoms with Gasteiger partial charge in [0.25, 0.3) is 0 Å². The van der Waals surface area contributed by atoms with Gasteiger partial charge in [0.1, 0.15) is 5.54 Å². The molecule has 0 amide bonds. The van der Waals surface area contributed by atoms with Gasteiger partial charge < -0.3 is 15.4 Å². The van der Waals surface area contributed by atoms with E-state index in [9.17, 15) is 4.79 Å². The molecule has 0 radical (unpaired) electrons. The molecule has 2 N–H and O–H groups in total. The molecule has 1 atom stereocenters. The second kappa shape index (κ2) is 7.05. The minimum absolute atomic E-state index is 0.0771. The fourth-order valence-corrected chi connectivity index (χ4v) is 2.20. The van der Waals surface area contributed by atoms with Crippen LogP contribution in [0.2, 0.25) is 0 Å². The molecule has 1 aromatic carbocycles. The smallest absolute Gasteiger partial charge is 0.330 e. The summed E-state index contributed by atoms with van der Waals surface area (Å²) in [5.74, 6) is -0.392. The van der Waals surface area contributed by atoms with Crippen LogP contribution in [0.1, 0.15) is 39.2 Å². The van der Waals surface area contributed by atoms with Gasteiger partial charge in [0.05, 0.1) is 7.11 Å². The van der Waals surface area contributed by atoms with E-state index in [-0.39, 0.29) is 5.54 Å². The quantitative estimate of drug-likeness (QED) is 0.785. The number of esters is 1. The first-order chi connectivity index (χ1) is 9.78. The predicted octanol–water partition coefficient (Wildman–Crippen LogP) is 2.52. The van der Waals surface area contributed by atoms with Gasteiger partial charge >= 0.3 is 5.97 Å². The maximum absolute atomic E-state index is 12.2. The molecular formula is C17H28N2O2. The number of nitrogens with two attached hydrogens (primary N) is 1. The molecule has 4 heteroatoms. The van der Waals surface area contributed by atoms with E-state index in [0.29, 0.717) is 6.42 Å². The lowest BCUT2D eigenvalue weighted by atomic mass is 9.86. The minimum atomic E-state index is -1.10. The van der Waals surface area contributed by atoms with Crippen molar-refractivity contribution in [2.45, 2.75) is 44.7 Å². The van der Waals surface area contributed by atoms with Crippen LogP contribution in [0.25, 0.3) is 0 Å². The summed E-state index contributed by atoms with van der Waals surface area (Å²) in [6.45, 7) is 7.25. The van der Waals surface area contributed by atoms with Crippen LogP contribution in [0.4, 0.5) is 0 Å². The van der Waals surface area contributed by atoms with Gasteiger partial charge in [0, 0.05) is 12.1 Å². The monoisotopic (exact) mass is 292 g/mol. The maximum atomic E-state index is 12.2. The number of rotatable bonds is 7. The first-order valence-electron chi connectivity index (χ1n) is 7.42. The summed E-state index contributed by atoms with van der Waals surface area (Å²) in [5, 5.41) is 0. The molecule has 0 saturated carbocycles. The molecule has 0 aliphatic rings. The molecule has 1 unspecified atom stereocenters. The van der Waals surface area contributed by atoms with E-state index in [2.05, 4.69) is 32.7 Å². The largest absolute Gasteiger partial charge is 0.467 e. The average Bonchev–Trinajstić information content (AvgIpc) is 2.52. The number of hydrogen-bond donors (Lipinski definition) is 1. The molecule has 0 saturated heterocycles. The highest BCUT2D eigenvalue weighted by Gasteiger charge is 2.38. The Bertz CT molecular complexity index is 459.